The molecule has 1 saturated heterocycles. The second kappa shape index (κ2) is 17.8. The molecule has 1 fully saturated rings. The molecular weight excluding hydrogens is 456 g/mol. The van der Waals surface area contributed by atoms with E-state index in [0.717, 1.165) is 0 Å². The Morgan fingerprint density at radius 1 is 0.433 bits per heavy atom. The summed E-state index contributed by atoms with van der Waals surface area (Å²) in [7, 11) is 0. The van der Waals surface area contributed by atoms with E-state index in [4.69, 9.17) is 0 Å². The van der Waals surface area contributed by atoms with Gasteiger partial charge in [0.05, 0.1) is 23.9 Å². The van der Waals surface area contributed by atoms with Crippen LogP contribution in [0.2, 0.25) is 0 Å². The topological polar surface area (TPSA) is 173 Å². The zero-order valence-corrected chi connectivity index (χ0v) is 21.4. The number of aliphatic carboxylic acids is 4. The molecule has 0 aromatic heterocycles. The second-order valence-corrected chi connectivity index (χ2v) is 6.59. The van der Waals surface area contributed by atoms with Gasteiger partial charge in [-0.25, -0.2) is 0 Å². The smallest absolute Gasteiger partial charge is 0.549 e. The molecule has 0 spiro atoms. The number of hydrogen-bond donors (Lipinski definition) is 0. The summed E-state index contributed by atoms with van der Waals surface area (Å²) in [4.78, 5) is 49.9. The molecule has 0 atom stereocenters. The second-order valence-electron chi connectivity index (χ2n) is 6.59. The molecule has 0 radical (unpaired) electrons. The number of carboxylic acids is 4. The number of carbonyl (C=O) groups excluding carboxylic acids is 4. The van der Waals surface area contributed by atoms with Gasteiger partial charge in [-0.1, -0.05) is 0 Å². The van der Waals surface area contributed by atoms with Crippen LogP contribution >= 0.6 is 0 Å². The van der Waals surface area contributed by atoms with E-state index < -0.39 is 23.9 Å². The van der Waals surface area contributed by atoms with Gasteiger partial charge in [-0.15, -0.1) is 0 Å². The van der Waals surface area contributed by atoms with Crippen molar-refractivity contribution < 1.29 is 39.6 Å². The van der Waals surface area contributed by atoms with Crippen molar-refractivity contribution in [3.8, 4) is 0 Å². The third-order valence-electron chi connectivity index (χ3n) is 4.34. The van der Waals surface area contributed by atoms with Crippen LogP contribution in [0.5, 0.6) is 0 Å². The molecule has 14 heteroatoms. The van der Waals surface area contributed by atoms with Crippen LogP contribution < -0.4 is 20.4 Å². The van der Waals surface area contributed by atoms with E-state index in [-0.39, 0.29) is 154 Å². The molecule has 0 aromatic rings. The van der Waals surface area contributed by atoms with Gasteiger partial charge in [-0.05, 0) is 0 Å². The van der Waals surface area contributed by atoms with Crippen LogP contribution in [0, 0.1) is 0 Å². The number of nitrogens with zero attached hydrogens (tertiary/aromatic N) is 4. The Labute approximate surface area is 234 Å². The van der Waals surface area contributed by atoms with Gasteiger partial charge in [0.2, 0.25) is 0 Å². The fraction of sp³-hybridized carbons (Fsp3) is 0.750. The summed E-state index contributed by atoms with van der Waals surface area (Å²) in [5.74, 6) is -5.20. The quantitative estimate of drug-likeness (QED) is 0.301. The van der Waals surface area contributed by atoms with Crippen LogP contribution in [-0.4, -0.2) is 197 Å². The summed E-state index contributed by atoms with van der Waals surface area (Å²) in [6, 6.07) is 0. The Bertz CT molecular complexity index is 457. The molecular formula is C16H24Ca2N4O8. The number of hydrogen-bond acceptors (Lipinski definition) is 12. The number of carboxylic acid groups (broad SMARTS) is 4. The van der Waals surface area contributed by atoms with Crippen LogP contribution in [0.3, 0.4) is 0 Å². The molecule has 0 amide bonds. The SMILES string of the molecule is O=C([O-])CN1CCN(CC(=O)[O-])CCN(CC(=O)[O-])CCN(CC(=O)[O-])CC1.[Ca+2].[Ca+2]. The molecule has 0 unspecified atom stereocenters. The van der Waals surface area contributed by atoms with E-state index in [1.807, 2.05) is 0 Å². The fourth-order valence-electron chi connectivity index (χ4n) is 2.94. The molecule has 1 rings (SSSR count). The van der Waals surface area contributed by atoms with E-state index in [1.165, 1.54) is 19.6 Å². The van der Waals surface area contributed by atoms with Crippen LogP contribution in [0.25, 0.3) is 0 Å². The molecule has 1 aliphatic heterocycles. The first-order valence-electron chi connectivity index (χ1n) is 8.84. The Hall–Kier alpha value is 0.239. The van der Waals surface area contributed by atoms with Gasteiger partial charge in [0.1, 0.15) is 0 Å². The van der Waals surface area contributed by atoms with Gasteiger partial charge >= 0.3 is 75.5 Å². The van der Waals surface area contributed by atoms with Crippen LogP contribution in [0.15, 0.2) is 0 Å². The molecule has 0 aliphatic carbocycles. The van der Waals surface area contributed by atoms with Crippen molar-refractivity contribution in [2.45, 2.75) is 0 Å². The maximum atomic E-state index is 11.0. The molecule has 0 aromatic carbocycles. The summed E-state index contributed by atoms with van der Waals surface area (Å²) < 4.78 is 0. The fourth-order valence-corrected chi connectivity index (χ4v) is 2.94. The van der Waals surface area contributed by atoms with Gasteiger partial charge in [0.25, 0.3) is 0 Å². The summed E-state index contributed by atoms with van der Waals surface area (Å²) in [6.45, 7) is 0.155. The maximum absolute atomic E-state index is 11.0. The van der Waals surface area contributed by atoms with Gasteiger partial charge in [-0.2, -0.15) is 0 Å². The Kier molecular flexibility index (Phi) is 19.2. The van der Waals surface area contributed by atoms with Crippen molar-refractivity contribution in [1.29, 1.82) is 0 Å². The summed E-state index contributed by atoms with van der Waals surface area (Å²) in [5, 5.41) is 43.8. The van der Waals surface area contributed by atoms with Gasteiger partial charge in [-0.3, -0.25) is 19.6 Å². The molecule has 30 heavy (non-hydrogen) atoms. The normalized spacial score (nSPS) is 18.1. The minimum atomic E-state index is -1.30. The predicted molar refractivity (Wildman–Crippen MR) is 97.3 cm³/mol. The first-order chi connectivity index (χ1) is 13.2. The van der Waals surface area contributed by atoms with Crippen LogP contribution in [0.4, 0.5) is 0 Å². The van der Waals surface area contributed by atoms with Crippen molar-refractivity contribution in [3.05, 3.63) is 0 Å². The molecule has 160 valence electrons. The largest absolute Gasteiger partial charge is 2.00 e. The van der Waals surface area contributed by atoms with Crippen LogP contribution in [-0.2, 0) is 19.2 Å². The Morgan fingerprint density at radius 2 is 0.567 bits per heavy atom. The van der Waals surface area contributed by atoms with E-state index in [1.54, 1.807) is 0 Å². The molecule has 1 aliphatic rings. The zero-order valence-electron chi connectivity index (χ0n) is 17.0. The standard InChI is InChI=1S/C16H28N4O8.2Ca/c21-13(22)9-17-1-2-18(10-14(23)24)5-6-20(12-16(27)28)8-7-19(4-3-17)11-15(25)26;;/h1-12H2,(H,21,22)(H,23,24)(H,25,26)(H,27,28);;/q;2*+2/p-4. The maximum Gasteiger partial charge on any atom is 2.00 e. The molecule has 0 saturated carbocycles. The van der Waals surface area contributed by atoms with Crippen LogP contribution in [0.1, 0.15) is 0 Å². The van der Waals surface area contributed by atoms with E-state index in [0.29, 0.717) is 0 Å². The van der Waals surface area contributed by atoms with Crippen molar-refractivity contribution in [1.82, 2.24) is 19.6 Å². The van der Waals surface area contributed by atoms with E-state index >= 15 is 0 Å². The van der Waals surface area contributed by atoms with Gasteiger partial charge < -0.3 is 39.6 Å². The minimum Gasteiger partial charge on any atom is -0.549 e. The first kappa shape index (κ1) is 32.4. The molecule has 1 heterocycles. The minimum absolute atomic E-state index is 0. The molecule has 0 bridgehead atoms. The average molecular weight is 481 g/mol. The summed E-state index contributed by atoms with van der Waals surface area (Å²) in [6.07, 6.45) is 0. The molecule has 12 nitrogen and oxygen atoms in total. The number of rotatable bonds is 8. The van der Waals surface area contributed by atoms with Crippen molar-refractivity contribution in [3.63, 3.8) is 0 Å². The number of carbonyl (C=O) groups is 4. The van der Waals surface area contributed by atoms with Gasteiger partial charge in [0.15, 0.2) is 0 Å². The summed E-state index contributed by atoms with van der Waals surface area (Å²) in [5.41, 5.74) is 0. The van der Waals surface area contributed by atoms with E-state index in [9.17, 15) is 39.6 Å². The third kappa shape index (κ3) is 16.0. The van der Waals surface area contributed by atoms with Crippen molar-refractivity contribution >= 4 is 99.4 Å². The summed E-state index contributed by atoms with van der Waals surface area (Å²) >= 11 is 0. The third-order valence-corrected chi connectivity index (χ3v) is 4.34. The Morgan fingerprint density at radius 3 is 0.667 bits per heavy atom. The monoisotopic (exact) mass is 480 g/mol. The van der Waals surface area contributed by atoms with Crippen molar-refractivity contribution in [2.24, 2.45) is 0 Å². The first-order valence-corrected chi connectivity index (χ1v) is 8.84. The Balaban J connectivity index is 0. The van der Waals surface area contributed by atoms with Crippen molar-refractivity contribution in [2.75, 3.05) is 78.5 Å². The van der Waals surface area contributed by atoms with Gasteiger partial charge in [0, 0.05) is 78.5 Å². The average Bonchev–Trinajstić information content (AvgIpc) is 2.55. The van der Waals surface area contributed by atoms with E-state index in [2.05, 4.69) is 0 Å². The molecule has 0 N–H and O–H groups in total. The predicted octanol–water partition coefficient (Wildman–Crippen LogP) is -8.55. The zero-order chi connectivity index (χ0) is 21.1.